The molecule has 0 bridgehead atoms. The molecule has 1 saturated carbocycles. The average Bonchev–Trinajstić information content (AvgIpc) is 2.97. The lowest BCUT2D eigenvalue weighted by atomic mass is 9.95. The van der Waals surface area contributed by atoms with Crippen LogP contribution in [0.2, 0.25) is 20.1 Å². The van der Waals surface area contributed by atoms with E-state index >= 15 is 0 Å². The zero-order valence-corrected chi connectivity index (χ0v) is 28.4. The SMILES string of the molecule is CC[C@@H](C(=O)NC1CCCCC1)N(Cc1c(Cl)cccc1Cl)C(=O)CN(c1cc(Cl)cc(Cl)c1)S(=O)(=O)c1ccc(C)cc1. The molecule has 3 aromatic carbocycles. The van der Waals surface area contributed by atoms with Crippen LogP contribution in [0.25, 0.3) is 0 Å². The first-order valence-electron chi connectivity index (χ1n) is 14.5. The van der Waals surface area contributed by atoms with Gasteiger partial charge in [0.2, 0.25) is 11.8 Å². The van der Waals surface area contributed by atoms with E-state index in [-0.39, 0.29) is 45.5 Å². The summed E-state index contributed by atoms with van der Waals surface area (Å²) in [4.78, 5) is 29.4. The quantitative estimate of drug-likeness (QED) is 0.220. The molecule has 7 nitrogen and oxygen atoms in total. The van der Waals surface area contributed by atoms with E-state index in [0.29, 0.717) is 15.6 Å². The smallest absolute Gasteiger partial charge is 0.264 e. The second kappa shape index (κ2) is 15.2. The molecule has 0 aliphatic heterocycles. The maximum atomic E-state index is 14.3. The third-order valence-corrected chi connectivity index (χ3v) is 10.7. The van der Waals surface area contributed by atoms with Crippen LogP contribution in [0.1, 0.15) is 56.6 Å². The van der Waals surface area contributed by atoms with Gasteiger partial charge < -0.3 is 10.2 Å². The van der Waals surface area contributed by atoms with Crippen LogP contribution >= 0.6 is 46.4 Å². The third-order valence-electron chi connectivity index (χ3n) is 7.75. The summed E-state index contributed by atoms with van der Waals surface area (Å²) < 4.78 is 29.1. The van der Waals surface area contributed by atoms with Gasteiger partial charge in [-0.3, -0.25) is 13.9 Å². The first kappa shape index (κ1) is 34.4. The third kappa shape index (κ3) is 8.40. The number of hydrogen-bond acceptors (Lipinski definition) is 4. The zero-order chi connectivity index (χ0) is 32.0. The largest absolute Gasteiger partial charge is 0.352 e. The van der Waals surface area contributed by atoms with Gasteiger partial charge in [-0.05, 0) is 68.7 Å². The number of hydrogen-bond donors (Lipinski definition) is 1. The van der Waals surface area contributed by atoms with Crippen LogP contribution in [0.4, 0.5) is 5.69 Å². The summed E-state index contributed by atoms with van der Waals surface area (Å²) in [6.45, 7) is 2.90. The summed E-state index contributed by atoms with van der Waals surface area (Å²) in [5.74, 6) is -0.937. The molecular formula is C32H35Cl4N3O4S. The van der Waals surface area contributed by atoms with Crippen molar-refractivity contribution >= 4 is 73.9 Å². The number of carbonyl (C=O) groups is 2. The van der Waals surface area contributed by atoms with Crippen molar-refractivity contribution in [1.82, 2.24) is 10.2 Å². The van der Waals surface area contributed by atoms with Crippen molar-refractivity contribution in [1.29, 1.82) is 0 Å². The fourth-order valence-electron chi connectivity index (χ4n) is 5.37. The van der Waals surface area contributed by atoms with Crippen molar-refractivity contribution < 1.29 is 18.0 Å². The molecule has 0 spiro atoms. The van der Waals surface area contributed by atoms with E-state index < -0.39 is 28.5 Å². The summed E-state index contributed by atoms with van der Waals surface area (Å²) >= 11 is 25.6. The number of carbonyl (C=O) groups excluding carboxylic acids is 2. The van der Waals surface area contributed by atoms with Gasteiger partial charge >= 0.3 is 0 Å². The standard InChI is InChI=1S/C32H35Cl4N3O4S/c1-3-30(32(41)37-24-8-5-4-6-9-24)38(19-27-28(35)10-7-11-29(27)36)31(40)20-39(25-17-22(33)16-23(34)18-25)44(42,43)26-14-12-21(2)13-15-26/h7,10-18,24,30H,3-6,8-9,19-20H2,1-2H3,(H,37,41)/t30-/m0/s1. The first-order valence-corrected chi connectivity index (χ1v) is 17.4. The molecule has 0 aromatic heterocycles. The molecule has 1 fully saturated rings. The van der Waals surface area contributed by atoms with E-state index in [0.717, 1.165) is 42.0 Å². The van der Waals surface area contributed by atoms with Gasteiger partial charge in [-0.2, -0.15) is 0 Å². The number of halogens is 4. The van der Waals surface area contributed by atoms with E-state index in [1.165, 1.54) is 35.2 Å². The fraction of sp³-hybridized carbons (Fsp3) is 0.375. The minimum absolute atomic E-state index is 0.0122. The Morgan fingerprint density at radius 2 is 1.50 bits per heavy atom. The average molecular weight is 700 g/mol. The highest BCUT2D eigenvalue weighted by molar-refractivity contribution is 7.92. The maximum Gasteiger partial charge on any atom is 0.264 e. The lowest BCUT2D eigenvalue weighted by Gasteiger charge is -2.35. The number of aryl methyl sites for hydroxylation is 1. The highest BCUT2D eigenvalue weighted by Gasteiger charge is 2.35. The molecule has 0 unspecified atom stereocenters. The topological polar surface area (TPSA) is 86.8 Å². The molecule has 0 radical (unpaired) electrons. The van der Waals surface area contributed by atoms with Crippen molar-refractivity contribution in [2.75, 3.05) is 10.8 Å². The van der Waals surface area contributed by atoms with Crippen LogP contribution in [-0.4, -0.2) is 43.8 Å². The second-order valence-corrected chi connectivity index (χ2v) is 14.5. The van der Waals surface area contributed by atoms with Gasteiger partial charge in [0.05, 0.1) is 10.6 Å². The van der Waals surface area contributed by atoms with E-state index in [4.69, 9.17) is 46.4 Å². The Morgan fingerprint density at radius 3 is 2.07 bits per heavy atom. The van der Waals surface area contributed by atoms with Gasteiger partial charge in [0, 0.05) is 38.2 Å². The van der Waals surface area contributed by atoms with Gasteiger partial charge in [0.15, 0.2) is 0 Å². The van der Waals surface area contributed by atoms with Crippen molar-refractivity contribution in [2.24, 2.45) is 0 Å². The van der Waals surface area contributed by atoms with Crippen molar-refractivity contribution in [3.8, 4) is 0 Å². The Labute approximate surface area is 279 Å². The van der Waals surface area contributed by atoms with E-state index in [2.05, 4.69) is 5.32 Å². The highest BCUT2D eigenvalue weighted by Crippen LogP contribution is 2.32. The lowest BCUT2D eigenvalue weighted by molar-refractivity contribution is -0.140. The number of amides is 2. The second-order valence-electron chi connectivity index (χ2n) is 10.9. The van der Waals surface area contributed by atoms with Crippen LogP contribution < -0.4 is 9.62 Å². The van der Waals surface area contributed by atoms with Gasteiger partial charge in [-0.25, -0.2) is 8.42 Å². The molecule has 1 aliphatic rings. The van der Waals surface area contributed by atoms with Crippen molar-refractivity contribution in [2.45, 2.75) is 75.9 Å². The van der Waals surface area contributed by atoms with E-state index in [1.807, 2.05) is 6.92 Å². The number of rotatable bonds is 11. The summed E-state index contributed by atoms with van der Waals surface area (Å²) in [5.41, 5.74) is 1.42. The predicted octanol–water partition coefficient (Wildman–Crippen LogP) is 8.06. The molecule has 0 heterocycles. The molecule has 2 amide bonds. The van der Waals surface area contributed by atoms with Crippen LogP contribution in [-0.2, 0) is 26.2 Å². The molecule has 44 heavy (non-hydrogen) atoms. The molecule has 1 aliphatic carbocycles. The first-order chi connectivity index (χ1) is 20.9. The molecule has 236 valence electrons. The van der Waals surface area contributed by atoms with E-state index in [9.17, 15) is 18.0 Å². The normalized spacial score (nSPS) is 14.6. The van der Waals surface area contributed by atoms with Crippen LogP contribution in [0.15, 0.2) is 65.6 Å². The Bertz CT molecular complexity index is 1550. The van der Waals surface area contributed by atoms with Crippen LogP contribution in [0.3, 0.4) is 0 Å². The molecule has 3 aromatic rings. The minimum Gasteiger partial charge on any atom is -0.352 e. The summed E-state index contributed by atoms with van der Waals surface area (Å²) in [6.07, 6.45) is 5.18. The predicted molar refractivity (Wildman–Crippen MR) is 178 cm³/mol. The Morgan fingerprint density at radius 1 is 0.909 bits per heavy atom. The molecule has 4 rings (SSSR count). The Hall–Kier alpha value is -2.49. The van der Waals surface area contributed by atoms with Gasteiger partial charge in [0.25, 0.3) is 10.0 Å². The molecule has 1 N–H and O–H groups in total. The Balaban J connectivity index is 1.76. The number of anilines is 1. The molecular weight excluding hydrogens is 664 g/mol. The van der Waals surface area contributed by atoms with Gasteiger partial charge in [0.1, 0.15) is 12.6 Å². The van der Waals surface area contributed by atoms with Crippen LogP contribution in [0, 0.1) is 6.92 Å². The van der Waals surface area contributed by atoms with E-state index in [1.54, 1.807) is 37.3 Å². The minimum atomic E-state index is -4.28. The summed E-state index contributed by atoms with van der Waals surface area (Å²) in [5, 5.41) is 4.15. The number of benzene rings is 3. The van der Waals surface area contributed by atoms with Crippen molar-refractivity contribution in [3.05, 3.63) is 91.9 Å². The van der Waals surface area contributed by atoms with Crippen LogP contribution in [0.5, 0.6) is 0 Å². The molecule has 12 heteroatoms. The van der Waals surface area contributed by atoms with Gasteiger partial charge in [-0.1, -0.05) is 96.4 Å². The number of nitrogens with zero attached hydrogens (tertiary/aromatic N) is 2. The lowest BCUT2D eigenvalue weighted by Crippen LogP contribution is -2.54. The number of nitrogens with one attached hydrogen (secondary N) is 1. The maximum absolute atomic E-state index is 14.3. The summed E-state index contributed by atoms with van der Waals surface area (Å²) in [6, 6.07) is 14.7. The highest BCUT2D eigenvalue weighted by atomic mass is 35.5. The monoisotopic (exact) mass is 697 g/mol. The fourth-order valence-corrected chi connectivity index (χ4v) is 7.80. The Kier molecular flexibility index (Phi) is 11.9. The number of sulfonamides is 1. The molecule has 1 atom stereocenters. The summed E-state index contributed by atoms with van der Waals surface area (Å²) in [7, 11) is -4.28. The zero-order valence-electron chi connectivity index (χ0n) is 24.5. The van der Waals surface area contributed by atoms with Crippen molar-refractivity contribution in [3.63, 3.8) is 0 Å². The molecule has 0 saturated heterocycles. The van der Waals surface area contributed by atoms with Gasteiger partial charge in [-0.15, -0.1) is 0 Å².